The highest BCUT2D eigenvalue weighted by Gasteiger charge is 2.19. The van der Waals surface area contributed by atoms with Crippen molar-refractivity contribution in [2.45, 2.75) is 45.2 Å². The van der Waals surface area contributed by atoms with Gasteiger partial charge in [0.2, 0.25) is 5.91 Å². The van der Waals surface area contributed by atoms with Crippen LogP contribution < -0.4 is 11.1 Å². The number of methoxy groups -OCH3 is 1. The predicted molar refractivity (Wildman–Crippen MR) is 81.4 cm³/mol. The van der Waals surface area contributed by atoms with E-state index in [1.807, 2.05) is 31.2 Å². The van der Waals surface area contributed by atoms with E-state index in [4.69, 9.17) is 10.5 Å². The van der Waals surface area contributed by atoms with Gasteiger partial charge in [-0.15, -0.1) is 0 Å². The minimum absolute atomic E-state index is 0.0314. The normalized spacial score (nSPS) is 13.8. The van der Waals surface area contributed by atoms with Crippen molar-refractivity contribution in [1.29, 1.82) is 0 Å². The van der Waals surface area contributed by atoms with Crippen molar-refractivity contribution in [3.05, 3.63) is 35.4 Å². The van der Waals surface area contributed by atoms with Gasteiger partial charge in [0.05, 0.1) is 12.6 Å². The number of nitrogens with two attached hydrogens (primary N) is 1. The molecule has 0 aliphatic heterocycles. The molecule has 20 heavy (non-hydrogen) atoms. The molecule has 0 aromatic heterocycles. The molecule has 0 saturated carbocycles. The first-order valence-corrected chi connectivity index (χ1v) is 7.20. The minimum Gasteiger partial charge on any atom is -0.383 e. The summed E-state index contributed by atoms with van der Waals surface area (Å²) in [6, 6.07) is 7.13. The molecule has 2 unspecified atom stereocenters. The van der Waals surface area contributed by atoms with Crippen LogP contribution >= 0.6 is 0 Å². The summed E-state index contributed by atoms with van der Waals surface area (Å²) in [5, 5.41) is 2.98. The van der Waals surface area contributed by atoms with Gasteiger partial charge in [0.25, 0.3) is 0 Å². The number of benzene rings is 1. The number of rotatable bonds is 8. The molecule has 4 heteroatoms. The predicted octanol–water partition coefficient (Wildman–Crippen LogP) is 2.32. The summed E-state index contributed by atoms with van der Waals surface area (Å²) < 4.78 is 5.15. The van der Waals surface area contributed by atoms with Gasteiger partial charge in [0, 0.05) is 7.11 Å². The first-order chi connectivity index (χ1) is 9.58. The number of ether oxygens (including phenoxy) is 1. The van der Waals surface area contributed by atoms with Gasteiger partial charge in [-0.3, -0.25) is 4.79 Å². The van der Waals surface area contributed by atoms with Crippen LogP contribution in [0, 0.1) is 6.92 Å². The number of unbranched alkanes of at least 4 members (excludes halogenated alkanes) is 1. The Labute approximate surface area is 121 Å². The zero-order valence-corrected chi connectivity index (χ0v) is 12.7. The number of aryl methyl sites for hydroxylation is 1. The molecule has 0 spiro atoms. The lowest BCUT2D eigenvalue weighted by molar-refractivity contribution is -0.123. The van der Waals surface area contributed by atoms with Crippen molar-refractivity contribution >= 4 is 5.91 Å². The Kier molecular flexibility index (Phi) is 7.26. The van der Waals surface area contributed by atoms with Crippen LogP contribution in [0.3, 0.4) is 0 Å². The smallest absolute Gasteiger partial charge is 0.241 e. The van der Waals surface area contributed by atoms with E-state index < -0.39 is 6.04 Å². The molecule has 1 rings (SSSR count). The fourth-order valence-corrected chi connectivity index (χ4v) is 2.07. The van der Waals surface area contributed by atoms with E-state index in [1.54, 1.807) is 7.11 Å². The minimum atomic E-state index is -0.628. The Balaban J connectivity index is 2.60. The standard InChI is InChI=1S/C16H26N2O2/c1-4-5-6-14(11-20-3)18-16(19)15(17)13-9-7-12(2)8-10-13/h7-10,14-15H,4-6,11,17H2,1-3H3,(H,18,19). The van der Waals surface area contributed by atoms with Crippen molar-refractivity contribution < 1.29 is 9.53 Å². The molecule has 0 saturated heterocycles. The number of carbonyl (C=O) groups excluding carboxylic acids is 1. The molecule has 1 amide bonds. The maximum absolute atomic E-state index is 12.2. The van der Waals surface area contributed by atoms with Gasteiger partial charge in [-0.2, -0.15) is 0 Å². The largest absolute Gasteiger partial charge is 0.383 e. The first-order valence-electron chi connectivity index (χ1n) is 7.20. The Morgan fingerprint density at radius 2 is 2.00 bits per heavy atom. The van der Waals surface area contributed by atoms with Crippen LogP contribution in [0.15, 0.2) is 24.3 Å². The van der Waals surface area contributed by atoms with Crippen LogP contribution in [0.4, 0.5) is 0 Å². The van der Waals surface area contributed by atoms with Crippen LogP contribution in [-0.4, -0.2) is 25.7 Å². The number of amides is 1. The van der Waals surface area contributed by atoms with Crippen molar-refractivity contribution in [3.63, 3.8) is 0 Å². The van der Waals surface area contributed by atoms with E-state index in [9.17, 15) is 4.79 Å². The van der Waals surface area contributed by atoms with E-state index in [-0.39, 0.29) is 11.9 Å². The fourth-order valence-electron chi connectivity index (χ4n) is 2.07. The SMILES string of the molecule is CCCCC(COC)NC(=O)C(N)c1ccc(C)cc1. The highest BCUT2D eigenvalue weighted by Crippen LogP contribution is 2.12. The van der Waals surface area contributed by atoms with Crippen molar-refractivity contribution in [2.24, 2.45) is 5.73 Å². The molecule has 0 radical (unpaired) electrons. The number of nitrogens with one attached hydrogen (secondary N) is 1. The lowest BCUT2D eigenvalue weighted by atomic mass is 10.0. The summed E-state index contributed by atoms with van der Waals surface area (Å²) in [5.41, 5.74) is 8.00. The van der Waals surface area contributed by atoms with E-state index in [0.717, 1.165) is 30.4 Å². The second kappa shape index (κ2) is 8.72. The summed E-state index contributed by atoms with van der Waals surface area (Å²) >= 11 is 0. The van der Waals surface area contributed by atoms with Gasteiger partial charge in [0.1, 0.15) is 6.04 Å². The summed E-state index contributed by atoms with van der Waals surface area (Å²) in [4.78, 5) is 12.2. The fraction of sp³-hybridized carbons (Fsp3) is 0.562. The van der Waals surface area contributed by atoms with Crippen molar-refractivity contribution in [3.8, 4) is 0 Å². The molecule has 3 N–H and O–H groups in total. The molecular weight excluding hydrogens is 252 g/mol. The second-order valence-corrected chi connectivity index (χ2v) is 5.19. The highest BCUT2D eigenvalue weighted by molar-refractivity contribution is 5.83. The average molecular weight is 278 g/mol. The Morgan fingerprint density at radius 3 is 2.55 bits per heavy atom. The molecule has 1 aromatic carbocycles. The van der Waals surface area contributed by atoms with Crippen molar-refractivity contribution in [1.82, 2.24) is 5.32 Å². The van der Waals surface area contributed by atoms with Crippen LogP contribution in [0.25, 0.3) is 0 Å². The van der Waals surface area contributed by atoms with Gasteiger partial charge in [-0.25, -0.2) is 0 Å². The second-order valence-electron chi connectivity index (χ2n) is 5.19. The van der Waals surface area contributed by atoms with E-state index >= 15 is 0 Å². The molecule has 4 nitrogen and oxygen atoms in total. The van der Waals surface area contributed by atoms with E-state index in [2.05, 4.69) is 12.2 Å². The Hall–Kier alpha value is -1.39. The summed E-state index contributed by atoms with van der Waals surface area (Å²) in [7, 11) is 1.64. The lowest BCUT2D eigenvalue weighted by Crippen LogP contribution is -2.43. The highest BCUT2D eigenvalue weighted by atomic mass is 16.5. The molecule has 1 aromatic rings. The Bertz CT molecular complexity index is 403. The van der Waals surface area contributed by atoms with Crippen LogP contribution in [0.2, 0.25) is 0 Å². The molecule has 0 aliphatic rings. The van der Waals surface area contributed by atoms with Crippen molar-refractivity contribution in [2.75, 3.05) is 13.7 Å². The van der Waals surface area contributed by atoms with Gasteiger partial charge in [-0.05, 0) is 18.9 Å². The summed E-state index contributed by atoms with van der Waals surface area (Å²) in [5.74, 6) is -0.146. The molecular formula is C16H26N2O2. The number of carbonyl (C=O) groups is 1. The van der Waals surface area contributed by atoms with Crippen LogP contribution in [0.5, 0.6) is 0 Å². The molecule has 0 aliphatic carbocycles. The third kappa shape index (κ3) is 5.31. The third-order valence-electron chi connectivity index (χ3n) is 3.34. The quantitative estimate of drug-likeness (QED) is 0.767. The Morgan fingerprint density at radius 1 is 1.35 bits per heavy atom. The molecule has 0 bridgehead atoms. The van der Waals surface area contributed by atoms with Gasteiger partial charge in [0.15, 0.2) is 0 Å². The van der Waals surface area contributed by atoms with Crippen LogP contribution in [0.1, 0.15) is 43.4 Å². The number of hydrogen-bond acceptors (Lipinski definition) is 3. The summed E-state index contributed by atoms with van der Waals surface area (Å²) in [6.45, 7) is 4.66. The third-order valence-corrected chi connectivity index (χ3v) is 3.34. The average Bonchev–Trinajstić information content (AvgIpc) is 2.45. The zero-order chi connectivity index (χ0) is 15.0. The first kappa shape index (κ1) is 16.7. The summed E-state index contributed by atoms with van der Waals surface area (Å²) in [6.07, 6.45) is 3.07. The van der Waals surface area contributed by atoms with E-state index in [0.29, 0.717) is 6.61 Å². The van der Waals surface area contributed by atoms with Crippen LogP contribution in [-0.2, 0) is 9.53 Å². The van der Waals surface area contributed by atoms with Gasteiger partial charge >= 0.3 is 0 Å². The van der Waals surface area contributed by atoms with Gasteiger partial charge in [-0.1, -0.05) is 49.6 Å². The topological polar surface area (TPSA) is 64.3 Å². The van der Waals surface area contributed by atoms with Gasteiger partial charge < -0.3 is 15.8 Å². The maximum Gasteiger partial charge on any atom is 0.241 e. The number of hydrogen-bond donors (Lipinski definition) is 2. The maximum atomic E-state index is 12.2. The molecule has 112 valence electrons. The monoisotopic (exact) mass is 278 g/mol. The molecule has 0 heterocycles. The van der Waals surface area contributed by atoms with E-state index in [1.165, 1.54) is 0 Å². The zero-order valence-electron chi connectivity index (χ0n) is 12.7. The molecule has 2 atom stereocenters. The lowest BCUT2D eigenvalue weighted by Gasteiger charge is -2.20. The molecule has 0 fully saturated rings.